The molecular formula is C9H10N2OS. The average Bonchev–Trinajstić information content (AvgIpc) is 2.72. The monoisotopic (exact) mass is 194 g/mol. The summed E-state index contributed by atoms with van der Waals surface area (Å²) in [7, 11) is 0. The quantitative estimate of drug-likeness (QED) is 0.796. The molecule has 4 heteroatoms. The zero-order valence-electron chi connectivity index (χ0n) is 7.23. The minimum absolute atomic E-state index is 0.155. The van der Waals surface area contributed by atoms with Gasteiger partial charge in [0.05, 0.1) is 6.04 Å². The Balaban J connectivity index is 2.28. The lowest BCUT2D eigenvalue weighted by molar-refractivity contribution is 0.520. The Morgan fingerprint density at radius 1 is 1.62 bits per heavy atom. The second-order valence-electron chi connectivity index (χ2n) is 2.78. The van der Waals surface area contributed by atoms with Gasteiger partial charge in [0.15, 0.2) is 5.89 Å². The fraction of sp³-hybridized carbons (Fsp3) is 0.222. The number of aryl methyl sites for hydroxylation is 1. The fourth-order valence-corrected chi connectivity index (χ4v) is 1.88. The molecule has 1 atom stereocenters. The summed E-state index contributed by atoms with van der Waals surface area (Å²) in [5.41, 5.74) is 6.75. The molecule has 68 valence electrons. The Hall–Kier alpha value is -1.13. The van der Waals surface area contributed by atoms with E-state index in [4.69, 9.17) is 10.2 Å². The first-order chi connectivity index (χ1) is 6.27. The van der Waals surface area contributed by atoms with Gasteiger partial charge in [0, 0.05) is 11.8 Å². The van der Waals surface area contributed by atoms with Crippen molar-refractivity contribution in [3.05, 3.63) is 40.2 Å². The van der Waals surface area contributed by atoms with Gasteiger partial charge in [-0.25, -0.2) is 4.98 Å². The van der Waals surface area contributed by atoms with Crippen LogP contribution >= 0.6 is 11.3 Å². The predicted molar refractivity (Wildman–Crippen MR) is 51.6 cm³/mol. The molecule has 13 heavy (non-hydrogen) atoms. The third-order valence-electron chi connectivity index (χ3n) is 1.81. The first-order valence-corrected chi connectivity index (χ1v) is 4.86. The maximum Gasteiger partial charge on any atom is 0.191 e. The fourth-order valence-electron chi connectivity index (χ4n) is 1.14. The molecule has 0 aliphatic rings. The van der Waals surface area contributed by atoms with Crippen molar-refractivity contribution in [1.82, 2.24) is 4.98 Å². The molecular weight excluding hydrogens is 184 g/mol. The molecule has 0 fully saturated rings. The van der Waals surface area contributed by atoms with E-state index in [1.165, 1.54) is 0 Å². The van der Waals surface area contributed by atoms with Crippen molar-refractivity contribution in [2.75, 3.05) is 0 Å². The van der Waals surface area contributed by atoms with Crippen molar-refractivity contribution < 1.29 is 4.42 Å². The highest BCUT2D eigenvalue weighted by atomic mass is 32.1. The van der Waals surface area contributed by atoms with E-state index in [-0.39, 0.29) is 6.04 Å². The van der Waals surface area contributed by atoms with Crippen LogP contribution in [0.1, 0.15) is 22.5 Å². The van der Waals surface area contributed by atoms with Crippen LogP contribution in [0, 0.1) is 6.92 Å². The molecule has 0 aromatic carbocycles. The van der Waals surface area contributed by atoms with Crippen molar-refractivity contribution in [2.24, 2.45) is 5.73 Å². The zero-order chi connectivity index (χ0) is 9.26. The van der Waals surface area contributed by atoms with E-state index in [0.29, 0.717) is 5.89 Å². The molecule has 0 aliphatic carbocycles. The molecule has 2 aromatic heterocycles. The number of rotatable bonds is 2. The minimum atomic E-state index is -0.155. The molecule has 1 unspecified atom stereocenters. The standard InChI is InChI=1S/C9H10N2OS/c1-6-11-7(5-12-6)9(10)8-3-2-4-13-8/h2-5,9H,10H2,1H3. The topological polar surface area (TPSA) is 52.0 Å². The Morgan fingerprint density at radius 3 is 3.00 bits per heavy atom. The van der Waals surface area contributed by atoms with Crippen molar-refractivity contribution in [2.45, 2.75) is 13.0 Å². The Labute approximate surface area is 80.2 Å². The number of nitrogens with two attached hydrogens (primary N) is 1. The molecule has 3 nitrogen and oxygen atoms in total. The van der Waals surface area contributed by atoms with Gasteiger partial charge in [0.1, 0.15) is 12.0 Å². The number of oxazole rings is 1. The molecule has 0 spiro atoms. The van der Waals surface area contributed by atoms with Gasteiger partial charge in [-0.2, -0.15) is 0 Å². The molecule has 0 aliphatic heterocycles. The smallest absolute Gasteiger partial charge is 0.191 e. The molecule has 0 saturated heterocycles. The lowest BCUT2D eigenvalue weighted by Gasteiger charge is -2.03. The van der Waals surface area contributed by atoms with Gasteiger partial charge in [-0.15, -0.1) is 11.3 Å². The Morgan fingerprint density at radius 2 is 2.46 bits per heavy atom. The van der Waals surface area contributed by atoms with E-state index < -0.39 is 0 Å². The van der Waals surface area contributed by atoms with E-state index >= 15 is 0 Å². The molecule has 0 amide bonds. The second-order valence-corrected chi connectivity index (χ2v) is 3.76. The van der Waals surface area contributed by atoms with E-state index in [1.54, 1.807) is 17.6 Å². The van der Waals surface area contributed by atoms with Gasteiger partial charge in [0.2, 0.25) is 0 Å². The van der Waals surface area contributed by atoms with Crippen LogP contribution in [0.15, 0.2) is 28.2 Å². The highest BCUT2D eigenvalue weighted by Crippen LogP contribution is 2.22. The summed E-state index contributed by atoms with van der Waals surface area (Å²) in [4.78, 5) is 5.29. The molecule has 2 aromatic rings. The summed E-state index contributed by atoms with van der Waals surface area (Å²) in [6.45, 7) is 1.81. The van der Waals surface area contributed by atoms with Crippen molar-refractivity contribution >= 4 is 11.3 Å². The van der Waals surface area contributed by atoms with Crippen LogP contribution in [0.25, 0.3) is 0 Å². The van der Waals surface area contributed by atoms with Crippen molar-refractivity contribution in [3.8, 4) is 0 Å². The third kappa shape index (κ3) is 1.64. The molecule has 2 rings (SSSR count). The summed E-state index contributed by atoms with van der Waals surface area (Å²) >= 11 is 1.63. The number of hydrogen-bond donors (Lipinski definition) is 1. The van der Waals surface area contributed by atoms with Crippen LogP contribution in [-0.4, -0.2) is 4.98 Å². The Kier molecular flexibility index (Phi) is 2.16. The maximum atomic E-state index is 5.96. The largest absolute Gasteiger partial charge is 0.449 e. The number of hydrogen-bond acceptors (Lipinski definition) is 4. The van der Waals surface area contributed by atoms with E-state index in [2.05, 4.69) is 4.98 Å². The van der Waals surface area contributed by atoms with Crippen molar-refractivity contribution in [3.63, 3.8) is 0 Å². The molecule has 0 bridgehead atoms. The molecule has 0 saturated carbocycles. The summed E-state index contributed by atoms with van der Waals surface area (Å²) in [6.07, 6.45) is 1.61. The summed E-state index contributed by atoms with van der Waals surface area (Å²) < 4.78 is 5.10. The van der Waals surface area contributed by atoms with Crippen LogP contribution in [0.4, 0.5) is 0 Å². The summed E-state index contributed by atoms with van der Waals surface area (Å²) in [6, 6.07) is 3.82. The van der Waals surface area contributed by atoms with Crippen molar-refractivity contribution in [1.29, 1.82) is 0 Å². The highest BCUT2D eigenvalue weighted by Gasteiger charge is 2.13. The van der Waals surface area contributed by atoms with Crippen LogP contribution in [-0.2, 0) is 0 Å². The molecule has 2 heterocycles. The van der Waals surface area contributed by atoms with Gasteiger partial charge in [-0.1, -0.05) is 6.07 Å². The van der Waals surface area contributed by atoms with E-state index in [1.807, 2.05) is 24.4 Å². The SMILES string of the molecule is Cc1nc(C(N)c2cccs2)co1. The summed E-state index contributed by atoms with van der Waals surface area (Å²) in [5, 5.41) is 2.00. The van der Waals surface area contributed by atoms with Gasteiger partial charge in [-0.05, 0) is 11.4 Å². The summed E-state index contributed by atoms with van der Waals surface area (Å²) in [5.74, 6) is 0.655. The zero-order valence-corrected chi connectivity index (χ0v) is 8.04. The predicted octanol–water partition coefficient (Wildman–Crippen LogP) is 2.09. The average molecular weight is 194 g/mol. The third-order valence-corrected chi connectivity index (χ3v) is 2.76. The Bertz CT molecular complexity index is 380. The molecule has 2 N–H and O–H groups in total. The lowest BCUT2D eigenvalue weighted by atomic mass is 10.2. The second kappa shape index (κ2) is 3.32. The normalized spacial score (nSPS) is 13.1. The number of nitrogens with zero attached hydrogens (tertiary/aromatic N) is 1. The van der Waals surface area contributed by atoms with E-state index in [0.717, 1.165) is 10.6 Å². The molecule has 0 radical (unpaired) electrons. The lowest BCUT2D eigenvalue weighted by Crippen LogP contribution is -2.10. The van der Waals surface area contributed by atoms with Crippen LogP contribution in [0.5, 0.6) is 0 Å². The van der Waals surface area contributed by atoms with Gasteiger partial charge in [-0.3, -0.25) is 0 Å². The minimum Gasteiger partial charge on any atom is -0.449 e. The number of aromatic nitrogens is 1. The van der Waals surface area contributed by atoms with Gasteiger partial charge < -0.3 is 10.2 Å². The number of thiophene rings is 1. The van der Waals surface area contributed by atoms with Crippen LogP contribution < -0.4 is 5.73 Å². The van der Waals surface area contributed by atoms with E-state index in [9.17, 15) is 0 Å². The highest BCUT2D eigenvalue weighted by molar-refractivity contribution is 7.10. The maximum absolute atomic E-state index is 5.96. The first-order valence-electron chi connectivity index (χ1n) is 3.98. The van der Waals surface area contributed by atoms with Crippen LogP contribution in [0.2, 0.25) is 0 Å². The first kappa shape index (κ1) is 8.47. The van der Waals surface area contributed by atoms with Gasteiger partial charge >= 0.3 is 0 Å². The van der Waals surface area contributed by atoms with Crippen LogP contribution in [0.3, 0.4) is 0 Å². The van der Waals surface area contributed by atoms with Gasteiger partial charge in [0.25, 0.3) is 0 Å².